The Labute approximate surface area is 111 Å². The van der Waals surface area contributed by atoms with Gasteiger partial charge in [0, 0.05) is 5.33 Å². The molecule has 1 amide bonds. The second kappa shape index (κ2) is 5.68. The van der Waals surface area contributed by atoms with Crippen LogP contribution in [0, 0.1) is 0 Å². The Morgan fingerprint density at radius 1 is 1.47 bits per heavy atom. The van der Waals surface area contributed by atoms with Crippen molar-refractivity contribution in [2.75, 3.05) is 0 Å². The number of amides is 1. The molecule has 0 atom stereocenters. The van der Waals surface area contributed by atoms with Crippen molar-refractivity contribution in [3.8, 4) is 5.75 Å². The number of halogens is 6. The second-order valence-corrected chi connectivity index (χ2v) is 3.78. The predicted octanol–water partition coefficient (Wildman–Crippen LogP) is 2.91. The Balaban J connectivity index is 3.45. The highest BCUT2D eigenvalue weighted by atomic mass is 79.9. The van der Waals surface area contributed by atoms with Gasteiger partial charge in [-0.15, -0.1) is 13.2 Å². The van der Waals surface area contributed by atoms with Gasteiger partial charge >= 0.3 is 6.36 Å². The maximum absolute atomic E-state index is 12.7. The van der Waals surface area contributed by atoms with E-state index in [2.05, 4.69) is 25.7 Å². The normalized spacial score (nSPS) is 11.7. The van der Waals surface area contributed by atoms with Crippen molar-refractivity contribution >= 4 is 21.8 Å². The van der Waals surface area contributed by atoms with Crippen LogP contribution in [0.2, 0.25) is 0 Å². The number of rotatable bonds is 4. The van der Waals surface area contributed by atoms with Gasteiger partial charge in [0.15, 0.2) is 5.75 Å². The summed E-state index contributed by atoms with van der Waals surface area (Å²) < 4.78 is 65.4. The van der Waals surface area contributed by atoms with Crippen LogP contribution in [0.15, 0.2) is 6.07 Å². The van der Waals surface area contributed by atoms with Crippen molar-refractivity contribution in [2.24, 2.45) is 5.73 Å². The van der Waals surface area contributed by atoms with E-state index in [1.165, 1.54) is 0 Å². The summed E-state index contributed by atoms with van der Waals surface area (Å²) in [7, 11) is 0. The Hall–Kier alpha value is -1.45. The van der Waals surface area contributed by atoms with Crippen molar-refractivity contribution in [1.82, 2.24) is 4.98 Å². The molecule has 0 unspecified atom stereocenters. The number of nitrogens with zero attached hydrogens (tertiary/aromatic N) is 1. The summed E-state index contributed by atoms with van der Waals surface area (Å²) in [5.74, 6) is -2.27. The van der Waals surface area contributed by atoms with Gasteiger partial charge in [0.1, 0.15) is 5.69 Å². The first-order valence-corrected chi connectivity index (χ1v) is 5.71. The Morgan fingerprint density at radius 3 is 2.42 bits per heavy atom. The molecular weight excluding hydrogens is 343 g/mol. The molecule has 0 saturated carbocycles. The third-order valence-electron chi connectivity index (χ3n) is 1.90. The van der Waals surface area contributed by atoms with E-state index < -0.39 is 41.4 Å². The molecule has 106 valence electrons. The van der Waals surface area contributed by atoms with Crippen molar-refractivity contribution in [3.63, 3.8) is 0 Å². The lowest BCUT2D eigenvalue weighted by Crippen LogP contribution is -2.21. The summed E-state index contributed by atoms with van der Waals surface area (Å²) >= 11 is 2.78. The highest BCUT2D eigenvalue weighted by Gasteiger charge is 2.35. The largest absolute Gasteiger partial charge is 0.573 e. The smallest absolute Gasteiger partial charge is 0.403 e. The third-order valence-corrected chi connectivity index (χ3v) is 2.43. The van der Waals surface area contributed by atoms with Gasteiger partial charge in [0.2, 0.25) is 0 Å². The molecule has 0 aromatic carbocycles. The number of pyridine rings is 1. The number of nitrogens with two attached hydrogens (primary N) is 1. The Kier molecular flexibility index (Phi) is 4.66. The quantitative estimate of drug-likeness (QED) is 0.672. The van der Waals surface area contributed by atoms with E-state index in [9.17, 15) is 26.7 Å². The minimum absolute atomic E-state index is 0.320. The van der Waals surface area contributed by atoms with Crippen molar-refractivity contribution in [1.29, 1.82) is 0 Å². The fourth-order valence-corrected chi connectivity index (χ4v) is 1.60. The lowest BCUT2D eigenvalue weighted by atomic mass is 10.1. The monoisotopic (exact) mass is 348 g/mol. The van der Waals surface area contributed by atoms with E-state index >= 15 is 0 Å². The Morgan fingerprint density at radius 2 is 2.05 bits per heavy atom. The topological polar surface area (TPSA) is 65.2 Å². The summed E-state index contributed by atoms with van der Waals surface area (Å²) in [4.78, 5) is 14.3. The molecular formula is C9H6BrF5N2O2. The molecule has 0 spiro atoms. The van der Waals surface area contributed by atoms with Gasteiger partial charge in [-0.1, -0.05) is 15.9 Å². The van der Waals surface area contributed by atoms with Crippen molar-refractivity contribution in [2.45, 2.75) is 18.1 Å². The molecule has 1 rings (SSSR count). The van der Waals surface area contributed by atoms with E-state index in [1.54, 1.807) is 0 Å². The number of carbonyl (C=O) groups is 1. The summed E-state index contributed by atoms with van der Waals surface area (Å²) in [5.41, 5.74) is 2.69. The summed E-state index contributed by atoms with van der Waals surface area (Å²) in [5, 5.41) is -0.320. The van der Waals surface area contributed by atoms with E-state index in [4.69, 9.17) is 5.73 Å². The van der Waals surface area contributed by atoms with Gasteiger partial charge in [-0.2, -0.15) is 0 Å². The zero-order valence-electron chi connectivity index (χ0n) is 8.97. The molecule has 2 N–H and O–H groups in total. The number of hydrogen-bond acceptors (Lipinski definition) is 3. The fraction of sp³-hybridized carbons (Fsp3) is 0.333. The number of hydrogen-bond donors (Lipinski definition) is 1. The van der Waals surface area contributed by atoms with Crippen LogP contribution >= 0.6 is 15.9 Å². The molecule has 10 heteroatoms. The molecule has 0 aliphatic heterocycles. The molecule has 0 fully saturated rings. The number of alkyl halides is 6. The van der Waals surface area contributed by atoms with E-state index in [0.29, 0.717) is 6.07 Å². The highest BCUT2D eigenvalue weighted by molar-refractivity contribution is 9.08. The van der Waals surface area contributed by atoms with Gasteiger partial charge in [-0.05, 0) is 6.07 Å². The average molecular weight is 349 g/mol. The first-order valence-electron chi connectivity index (χ1n) is 4.59. The van der Waals surface area contributed by atoms with Crippen molar-refractivity contribution in [3.05, 3.63) is 23.0 Å². The minimum atomic E-state index is -5.16. The second-order valence-electron chi connectivity index (χ2n) is 3.22. The molecule has 19 heavy (non-hydrogen) atoms. The first kappa shape index (κ1) is 15.6. The molecule has 4 nitrogen and oxygen atoms in total. The molecule has 0 radical (unpaired) electrons. The lowest BCUT2D eigenvalue weighted by molar-refractivity contribution is -0.275. The van der Waals surface area contributed by atoms with Crippen molar-refractivity contribution < 1.29 is 31.5 Å². The van der Waals surface area contributed by atoms with E-state index in [-0.39, 0.29) is 5.33 Å². The summed E-state index contributed by atoms with van der Waals surface area (Å²) in [6.45, 7) is 0. The van der Waals surface area contributed by atoms with Crippen LogP contribution in [0.25, 0.3) is 0 Å². The molecule has 0 aliphatic rings. The molecule has 1 heterocycles. The average Bonchev–Trinajstić information content (AvgIpc) is 2.26. The van der Waals surface area contributed by atoms with E-state index in [1.807, 2.05) is 0 Å². The van der Waals surface area contributed by atoms with Crippen LogP contribution in [0.4, 0.5) is 22.0 Å². The zero-order chi connectivity index (χ0) is 14.8. The van der Waals surface area contributed by atoms with Gasteiger partial charge in [0.05, 0.1) is 11.3 Å². The predicted molar refractivity (Wildman–Crippen MR) is 57.0 cm³/mol. The minimum Gasteiger partial charge on any atom is -0.403 e. The first-order chi connectivity index (χ1) is 8.65. The lowest BCUT2D eigenvalue weighted by Gasteiger charge is -2.16. The molecule has 1 aromatic heterocycles. The van der Waals surface area contributed by atoms with Crippen LogP contribution in [-0.2, 0) is 5.33 Å². The molecule has 1 aromatic rings. The molecule has 0 aliphatic carbocycles. The Bertz CT molecular complexity index is 492. The molecule has 0 saturated heterocycles. The number of aromatic nitrogens is 1. The van der Waals surface area contributed by atoms with Gasteiger partial charge in [-0.3, -0.25) is 4.79 Å². The van der Waals surface area contributed by atoms with Crippen LogP contribution in [-0.4, -0.2) is 17.3 Å². The highest BCUT2D eigenvalue weighted by Crippen LogP contribution is 2.36. The van der Waals surface area contributed by atoms with Crippen LogP contribution < -0.4 is 10.5 Å². The maximum atomic E-state index is 12.7. The summed E-state index contributed by atoms with van der Waals surface area (Å²) in [6, 6.07) is 0.472. The number of primary amides is 1. The van der Waals surface area contributed by atoms with Gasteiger partial charge in [0.25, 0.3) is 12.3 Å². The number of ether oxygens (including phenoxy) is 1. The van der Waals surface area contributed by atoms with Gasteiger partial charge < -0.3 is 10.5 Å². The standard InChI is InChI=1S/C9H6BrF5N2O2/c10-2-5-6(19-9(13,14)15)3(7(11)12)1-4(17-5)8(16)18/h1,7H,2H2,(H2,16,18). The molecule has 0 bridgehead atoms. The zero-order valence-corrected chi connectivity index (χ0v) is 10.6. The SMILES string of the molecule is NC(=O)c1cc(C(F)F)c(OC(F)(F)F)c(CBr)n1. The maximum Gasteiger partial charge on any atom is 0.573 e. The van der Waals surface area contributed by atoms with Crippen LogP contribution in [0.3, 0.4) is 0 Å². The third kappa shape index (κ3) is 4.01. The fourth-order valence-electron chi connectivity index (χ4n) is 1.22. The number of carbonyl (C=O) groups excluding carboxylic acids is 1. The van der Waals surface area contributed by atoms with Crippen LogP contribution in [0.5, 0.6) is 5.75 Å². The van der Waals surface area contributed by atoms with Crippen LogP contribution in [0.1, 0.15) is 28.2 Å². The van der Waals surface area contributed by atoms with E-state index in [0.717, 1.165) is 0 Å². The summed E-state index contributed by atoms with van der Waals surface area (Å²) in [6.07, 6.45) is -8.44. The van der Waals surface area contributed by atoms with Gasteiger partial charge in [-0.25, -0.2) is 13.8 Å².